The van der Waals surface area contributed by atoms with Crippen LogP contribution < -0.4 is 5.32 Å². The summed E-state index contributed by atoms with van der Waals surface area (Å²) in [7, 11) is 0. The number of aromatic amines is 1. The standard InChI is InChI=1S/C15H21N3S/c1-3-9-16-13(4-2)12-7-5-6-8-14(12)19-15-17-10-11-18-15/h5-8,10-11,13,16H,3-4,9H2,1-2H3,(H,17,18). The highest BCUT2D eigenvalue weighted by molar-refractivity contribution is 7.99. The van der Waals surface area contributed by atoms with Gasteiger partial charge in [-0.05, 0) is 31.0 Å². The monoisotopic (exact) mass is 275 g/mol. The van der Waals surface area contributed by atoms with Gasteiger partial charge >= 0.3 is 0 Å². The second kappa shape index (κ2) is 7.36. The Kier molecular flexibility index (Phi) is 5.48. The quantitative estimate of drug-likeness (QED) is 0.802. The van der Waals surface area contributed by atoms with E-state index in [2.05, 4.69) is 53.4 Å². The molecule has 0 radical (unpaired) electrons. The van der Waals surface area contributed by atoms with Gasteiger partial charge in [-0.15, -0.1) is 0 Å². The van der Waals surface area contributed by atoms with Crippen molar-refractivity contribution < 1.29 is 0 Å². The number of rotatable bonds is 7. The van der Waals surface area contributed by atoms with Gasteiger partial charge in [0.1, 0.15) is 0 Å². The maximum Gasteiger partial charge on any atom is 0.170 e. The van der Waals surface area contributed by atoms with Crippen LogP contribution in [0, 0.1) is 0 Å². The summed E-state index contributed by atoms with van der Waals surface area (Å²) < 4.78 is 0. The van der Waals surface area contributed by atoms with Crippen molar-refractivity contribution in [2.45, 2.75) is 42.8 Å². The van der Waals surface area contributed by atoms with E-state index in [1.807, 2.05) is 6.20 Å². The van der Waals surface area contributed by atoms with Crippen LogP contribution in [0.5, 0.6) is 0 Å². The van der Waals surface area contributed by atoms with Crippen molar-refractivity contribution in [2.75, 3.05) is 6.54 Å². The second-order valence-corrected chi connectivity index (χ2v) is 5.48. The molecular weight excluding hydrogens is 254 g/mol. The molecule has 0 saturated carbocycles. The van der Waals surface area contributed by atoms with Crippen LogP contribution >= 0.6 is 11.8 Å². The van der Waals surface area contributed by atoms with Crippen molar-refractivity contribution in [1.29, 1.82) is 0 Å². The van der Waals surface area contributed by atoms with Crippen molar-refractivity contribution in [3.8, 4) is 0 Å². The van der Waals surface area contributed by atoms with Crippen molar-refractivity contribution in [2.24, 2.45) is 0 Å². The molecule has 1 unspecified atom stereocenters. The molecule has 19 heavy (non-hydrogen) atoms. The topological polar surface area (TPSA) is 40.7 Å². The van der Waals surface area contributed by atoms with E-state index < -0.39 is 0 Å². The van der Waals surface area contributed by atoms with Gasteiger partial charge in [0, 0.05) is 23.3 Å². The highest BCUT2D eigenvalue weighted by Crippen LogP contribution is 2.32. The fraction of sp³-hybridized carbons (Fsp3) is 0.400. The molecule has 0 spiro atoms. The van der Waals surface area contributed by atoms with Crippen molar-refractivity contribution in [3.63, 3.8) is 0 Å². The van der Waals surface area contributed by atoms with Gasteiger partial charge in [-0.1, -0.05) is 43.8 Å². The van der Waals surface area contributed by atoms with Gasteiger partial charge in [0.15, 0.2) is 5.16 Å². The van der Waals surface area contributed by atoms with E-state index in [-0.39, 0.29) is 0 Å². The predicted molar refractivity (Wildman–Crippen MR) is 80.5 cm³/mol. The lowest BCUT2D eigenvalue weighted by Crippen LogP contribution is -2.21. The number of benzene rings is 1. The third-order valence-electron chi connectivity index (χ3n) is 3.02. The van der Waals surface area contributed by atoms with E-state index in [0.29, 0.717) is 6.04 Å². The summed E-state index contributed by atoms with van der Waals surface area (Å²) >= 11 is 1.69. The highest BCUT2D eigenvalue weighted by atomic mass is 32.2. The first kappa shape index (κ1) is 14.2. The molecule has 0 fully saturated rings. The van der Waals surface area contributed by atoms with Crippen molar-refractivity contribution in [3.05, 3.63) is 42.2 Å². The molecule has 4 heteroatoms. The van der Waals surface area contributed by atoms with Crippen LogP contribution in [0.25, 0.3) is 0 Å². The van der Waals surface area contributed by atoms with E-state index in [4.69, 9.17) is 0 Å². The highest BCUT2D eigenvalue weighted by Gasteiger charge is 2.13. The summed E-state index contributed by atoms with van der Waals surface area (Å²) in [6.07, 6.45) is 5.90. The molecular formula is C15H21N3S. The molecule has 0 saturated heterocycles. The van der Waals surface area contributed by atoms with Gasteiger partial charge < -0.3 is 10.3 Å². The minimum absolute atomic E-state index is 0.415. The summed E-state index contributed by atoms with van der Waals surface area (Å²) in [5.41, 5.74) is 1.36. The Bertz CT molecular complexity index is 482. The number of nitrogens with zero attached hydrogens (tertiary/aromatic N) is 1. The second-order valence-electron chi connectivity index (χ2n) is 4.45. The number of hydrogen-bond donors (Lipinski definition) is 2. The molecule has 0 aliphatic rings. The van der Waals surface area contributed by atoms with Crippen LogP contribution in [-0.2, 0) is 0 Å². The summed E-state index contributed by atoms with van der Waals surface area (Å²) in [6.45, 7) is 5.48. The Morgan fingerprint density at radius 3 is 2.84 bits per heavy atom. The van der Waals surface area contributed by atoms with Gasteiger partial charge in [0.25, 0.3) is 0 Å². The zero-order chi connectivity index (χ0) is 13.5. The Morgan fingerprint density at radius 2 is 2.16 bits per heavy atom. The minimum Gasteiger partial charge on any atom is -0.339 e. The van der Waals surface area contributed by atoms with E-state index in [0.717, 1.165) is 24.5 Å². The van der Waals surface area contributed by atoms with Crippen LogP contribution in [-0.4, -0.2) is 16.5 Å². The number of nitrogens with one attached hydrogen (secondary N) is 2. The van der Waals surface area contributed by atoms with Crippen LogP contribution in [0.3, 0.4) is 0 Å². The van der Waals surface area contributed by atoms with Gasteiger partial charge in [0.2, 0.25) is 0 Å². The molecule has 0 aliphatic heterocycles. The first-order valence-electron chi connectivity index (χ1n) is 6.84. The minimum atomic E-state index is 0.415. The van der Waals surface area contributed by atoms with E-state index in [1.54, 1.807) is 18.0 Å². The molecule has 102 valence electrons. The SMILES string of the molecule is CCCNC(CC)c1ccccc1Sc1ncc[nH]1. The normalized spacial score (nSPS) is 12.5. The molecule has 1 atom stereocenters. The molecule has 2 aromatic rings. The first-order valence-corrected chi connectivity index (χ1v) is 7.66. The van der Waals surface area contributed by atoms with Gasteiger partial charge in [-0.3, -0.25) is 0 Å². The third-order valence-corrected chi connectivity index (χ3v) is 4.03. The zero-order valence-corrected chi connectivity index (χ0v) is 12.3. The van der Waals surface area contributed by atoms with E-state index in [9.17, 15) is 0 Å². The average Bonchev–Trinajstić information content (AvgIpc) is 2.94. The van der Waals surface area contributed by atoms with Gasteiger partial charge in [-0.2, -0.15) is 0 Å². The fourth-order valence-electron chi connectivity index (χ4n) is 2.06. The Balaban J connectivity index is 2.19. The summed E-state index contributed by atoms with van der Waals surface area (Å²) in [5.74, 6) is 0. The van der Waals surface area contributed by atoms with Crippen LogP contribution in [0.15, 0.2) is 46.7 Å². The summed E-state index contributed by atoms with van der Waals surface area (Å²) in [4.78, 5) is 8.70. The van der Waals surface area contributed by atoms with Gasteiger partial charge in [0.05, 0.1) is 0 Å². The lowest BCUT2D eigenvalue weighted by molar-refractivity contribution is 0.512. The van der Waals surface area contributed by atoms with E-state index >= 15 is 0 Å². The average molecular weight is 275 g/mol. The maximum absolute atomic E-state index is 4.29. The Morgan fingerprint density at radius 1 is 1.32 bits per heavy atom. The van der Waals surface area contributed by atoms with Gasteiger partial charge in [-0.25, -0.2) is 4.98 Å². The number of hydrogen-bond acceptors (Lipinski definition) is 3. The van der Waals surface area contributed by atoms with Crippen LogP contribution in [0.1, 0.15) is 38.3 Å². The van der Waals surface area contributed by atoms with E-state index in [1.165, 1.54) is 10.5 Å². The smallest absolute Gasteiger partial charge is 0.170 e. The molecule has 2 N–H and O–H groups in total. The molecule has 1 aromatic carbocycles. The van der Waals surface area contributed by atoms with Crippen molar-refractivity contribution >= 4 is 11.8 Å². The Hall–Kier alpha value is -1.26. The lowest BCUT2D eigenvalue weighted by Gasteiger charge is -2.19. The molecule has 1 aromatic heterocycles. The van der Waals surface area contributed by atoms with Crippen LogP contribution in [0.4, 0.5) is 0 Å². The number of aromatic nitrogens is 2. The summed E-state index contributed by atoms with van der Waals surface area (Å²) in [6, 6.07) is 8.98. The number of H-pyrrole nitrogens is 1. The molecule has 0 amide bonds. The summed E-state index contributed by atoms with van der Waals surface area (Å²) in [5, 5.41) is 4.55. The van der Waals surface area contributed by atoms with Crippen molar-refractivity contribution in [1.82, 2.24) is 15.3 Å². The lowest BCUT2D eigenvalue weighted by atomic mass is 10.0. The predicted octanol–water partition coefficient (Wildman–Crippen LogP) is 4.01. The zero-order valence-electron chi connectivity index (χ0n) is 11.5. The molecule has 2 rings (SSSR count). The third kappa shape index (κ3) is 3.85. The first-order chi connectivity index (χ1) is 9.35. The largest absolute Gasteiger partial charge is 0.339 e. The molecule has 0 aliphatic carbocycles. The van der Waals surface area contributed by atoms with Crippen LogP contribution in [0.2, 0.25) is 0 Å². The molecule has 0 bridgehead atoms. The molecule has 1 heterocycles. The molecule has 3 nitrogen and oxygen atoms in total. The Labute approximate surface area is 119 Å². The number of imidazole rings is 1. The fourth-order valence-corrected chi connectivity index (χ4v) is 2.99. The maximum atomic E-state index is 4.29.